The molecule has 0 N–H and O–H groups in total. The molecule has 1 atom stereocenters. The second-order valence-corrected chi connectivity index (χ2v) is 10.9. The van der Waals surface area contributed by atoms with Crippen molar-refractivity contribution in [1.29, 1.82) is 0 Å². The van der Waals surface area contributed by atoms with Crippen LogP contribution in [-0.2, 0) is 10.3 Å². The maximum atomic E-state index is 13.3. The molecule has 0 fully saturated rings. The molecule has 1 spiro atoms. The van der Waals surface area contributed by atoms with E-state index in [9.17, 15) is 4.79 Å². The van der Waals surface area contributed by atoms with Gasteiger partial charge in [-0.2, -0.15) is 0 Å². The molecule has 0 radical (unpaired) electrons. The van der Waals surface area contributed by atoms with Crippen LogP contribution in [0.5, 0.6) is 11.5 Å². The number of fused-ring (bicyclic) bond motifs is 6. The lowest BCUT2D eigenvalue weighted by molar-refractivity contribution is 0.0224. The van der Waals surface area contributed by atoms with Gasteiger partial charge in [-0.15, -0.1) is 0 Å². The van der Waals surface area contributed by atoms with Crippen molar-refractivity contribution < 1.29 is 14.3 Å². The molecule has 40 heavy (non-hydrogen) atoms. The van der Waals surface area contributed by atoms with Gasteiger partial charge in [0.25, 0.3) is 0 Å². The Kier molecular flexibility index (Phi) is 7.34. The monoisotopic (exact) mass is 531 g/mol. The van der Waals surface area contributed by atoms with Gasteiger partial charge < -0.3 is 14.4 Å². The van der Waals surface area contributed by atoms with Crippen LogP contribution in [0.25, 0.3) is 11.1 Å². The minimum atomic E-state index is -1.06. The Morgan fingerprint density at radius 3 is 2.12 bits per heavy atom. The summed E-state index contributed by atoms with van der Waals surface area (Å²) < 4.78 is 13.1. The predicted octanol–water partition coefficient (Wildman–Crippen LogP) is 9.11. The van der Waals surface area contributed by atoms with Crippen LogP contribution in [0.3, 0.4) is 0 Å². The maximum Gasteiger partial charge on any atom is 0.340 e. The molecular weight excluding hydrogens is 494 g/mol. The first-order valence-electron chi connectivity index (χ1n) is 14.8. The van der Waals surface area contributed by atoms with Crippen molar-refractivity contribution in [1.82, 2.24) is 0 Å². The number of carbonyl (C=O) groups excluding carboxylic acids is 1. The van der Waals surface area contributed by atoms with E-state index < -0.39 is 5.60 Å². The third-order valence-electron chi connectivity index (χ3n) is 8.23. The molecule has 204 valence electrons. The van der Waals surface area contributed by atoms with Gasteiger partial charge in [0.1, 0.15) is 11.5 Å². The summed E-state index contributed by atoms with van der Waals surface area (Å²) in [5.41, 5.74) is 5.46. The number of carbonyl (C=O) groups is 1. The second kappa shape index (κ2) is 11.2. The number of esters is 1. The van der Waals surface area contributed by atoms with Gasteiger partial charge in [0.15, 0.2) is 5.60 Å². The number of unbranched alkanes of at least 4 members (excludes halogenated alkanes) is 4. The molecule has 4 heteroatoms. The number of hydrogen-bond acceptors (Lipinski definition) is 4. The number of rotatable bonds is 10. The summed E-state index contributed by atoms with van der Waals surface area (Å²) >= 11 is 0. The lowest BCUT2D eigenvalue weighted by Crippen LogP contribution is -2.33. The summed E-state index contributed by atoms with van der Waals surface area (Å²) in [4.78, 5) is 15.8. The van der Waals surface area contributed by atoms with Gasteiger partial charge in [-0.05, 0) is 54.3 Å². The summed E-state index contributed by atoms with van der Waals surface area (Å²) in [6.07, 6.45) is 7.18. The Bertz CT molecular complexity index is 1500. The van der Waals surface area contributed by atoms with Gasteiger partial charge in [0.05, 0.1) is 5.56 Å². The highest BCUT2D eigenvalue weighted by molar-refractivity contribution is 5.97. The zero-order valence-electron chi connectivity index (χ0n) is 23.5. The predicted molar refractivity (Wildman–Crippen MR) is 161 cm³/mol. The first kappa shape index (κ1) is 26.2. The Balaban J connectivity index is 1.48. The van der Waals surface area contributed by atoms with Crippen molar-refractivity contribution in [3.8, 4) is 22.6 Å². The Morgan fingerprint density at radius 2 is 1.38 bits per heavy atom. The topological polar surface area (TPSA) is 38.8 Å². The molecule has 0 amide bonds. The first-order valence-corrected chi connectivity index (χ1v) is 14.8. The lowest BCUT2D eigenvalue weighted by atomic mass is 9.77. The van der Waals surface area contributed by atoms with Gasteiger partial charge in [-0.3, -0.25) is 0 Å². The van der Waals surface area contributed by atoms with Crippen LogP contribution in [0, 0.1) is 0 Å². The molecule has 2 aliphatic heterocycles. The second-order valence-electron chi connectivity index (χ2n) is 10.9. The number of ether oxygens (including phenoxy) is 2. The zero-order valence-corrected chi connectivity index (χ0v) is 23.5. The largest absolute Gasteiger partial charge is 0.456 e. The van der Waals surface area contributed by atoms with Crippen LogP contribution in [0.4, 0.5) is 5.69 Å². The molecule has 0 saturated heterocycles. The first-order chi connectivity index (χ1) is 19.7. The van der Waals surface area contributed by atoms with E-state index in [1.807, 2.05) is 48.5 Å². The van der Waals surface area contributed by atoms with Crippen molar-refractivity contribution in [2.45, 2.75) is 58.0 Å². The number of hydrogen-bond donors (Lipinski definition) is 0. The fraction of sp³-hybridized carbons (Fsp3) is 0.306. The third kappa shape index (κ3) is 4.56. The van der Waals surface area contributed by atoms with Crippen LogP contribution in [0.2, 0.25) is 0 Å². The third-order valence-corrected chi connectivity index (χ3v) is 8.23. The van der Waals surface area contributed by atoms with Gasteiger partial charge in [-0.25, -0.2) is 4.79 Å². The summed E-state index contributed by atoms with van der Waals surface area (Å²) in [6.45, 7) is 6.54. The summed E-state index contributed by atoms with van der Waals surface area (Å²) in [6, 6.07) is 30.7. The standard InChI is InChI=1S/C36H37NO3/c1-3-5-12-22-37(23-13-6-4-2)28-19-20-31-34(25-28)39-33-21-18-27(26-14-8-7-9-15-26)24-32(33)36(31)30-17-11-10-16-29(30)35(38)40-36/h7-11,14-21,24-25H,3-6,12-13,22-23H2,1-2H3. The molecule has 6 rings (SSSR count). The van der Waals surface area contributed by atoms with Crippen molar-refractivity contribution in [2.24, 2.45) is 0 Å². The normalized spacial score (nSPS) is 16.6. The molecule has 4 nitrogen and oxygen atoms in total. The average molecular weight is 532 g/mol. The van der Waals surface area contributed by atoms with Gasteiger partial charge in [0.2, 0.25) is 0 Å². The molecule has 0 aliphatic carbocycles. The van der Waals surface area contributed by atoms with E-state index in [2.05, 4.69) is 61.2 Å². The number of anilines is 1. The average Bonchev–Trinajstić information content (AvgIpc) is 3.29. The van der Waals surface area contributed by atoms with Crippen LogP contribution >= 0.6 is 0 Å². The van der Waals surface area contributed by atoms with E-state index in [0.717, 1.165) is 58.1 Å². The van der Waals surface area contributed by atoms with E-state index in [1.165, 1.54) is 38.5 Å². The molecule has 0 aromatic heterocycles. The fourth-order valence-corrected chi connectivity index (χ4v) is 6.14. The van der Waals surface area contributed by atoms with Gasteiger partial charge in [0, 0.05) is 41.5 Å². The Labute approximate surface area is 237 Å². The van der Waals surface area contributed by atoms with E-state index in [1.54, 1.807) is 0 Å². The molecule has 2 heterocycles. The van der Waals surface area contributed by atoms with Crippen LogP contribution in [-0.4, -0.2) is 19.1 Å². The molecule has 0 bridgehead atoms. The SMILES string of the molecule is CCCCCN(CCCCC)c1ccc2c(c1)Oc1ccc(-c3ccccc3)cc1C21OC(=O)c2ccccc21. The van der Waals surface area contributed by atoms with Crippen molar-refractivity contribution >= 4 is 11.7 Å². The number of benzene rings is 4. The van der Waals surface area contributed by atoms with Crippen molar-refractivity contribution in [2.75, 3.05) is 18.0 Å². The van der Waals surface area contributed by atoms with Crippen molar-refractivity contribution in [3.05, 3.63) is 113 Å². The number of nitrogens with zero attached hydrogens (tertiary/aromatic N) is 1. The molecule has 4 aromatic carbocycles. The van der Waals surface area contributed by atoms with E-state index in [0.29, 0.717) is 5.56 Å². The van der Waals surface area contributed by atoms with Crippen LogP contribution in [0.15, 0.2) is 91.0 Å². The summed E-state index contributed by atoms with van der Waals surface area (Å²) in [7, 11) is 0. The maximum absolute atomic E-state index is 13.3. The van der Waals surface area contributed by atoms with E-state index in [-0.39, 0.29) is 5.97 Å². The molecule has 4 aromatic rings. The van der Waals surface area contributed by atoms with E-state index in [4.69, 9.17) is 9.47 Å². The molecule has 0 saturated carbocycles. The van der Waals surface area contributed by atoms with Crippen molar-refractivity contribution in [3.63, 3.8) is 0 Å². The quantitative estimate of drug-likeness (QED) is 0.151. The highest BCUT2D eigenvalue weighted by Gasteiger charge is 2.53. The van der Waals surface area contributed by atoms with Gasteiger partial charge in [-0.1, -0.05) is 94.1 Å². The Morgan fingerprint density at radius 1 is 0.650 bits per heavy atom. The minimum Gasteiger partial charge on any atom is -0.456 e. The zero-order chi connectivity index (χ0) is 27.5. The minimum absolute atomic E-state index is 0.302. The van der Waals surface area contributed by atoms with Crippen LogP contribution < -0.4 is 9.64 Å². The highest BCUT2D eigenvalue weighted by atomic mass is 16.6. The summed E-state index contributed by atoms with van der Waals surface area (Å²) in [5, 5.41) is 0. The fourth-order valence-electron chi connectivity index (χ4n) is 6.14. The molecular formula is C36H37NO3. The van der Waals surface area contributed by atoms with Gasteiger partial charge >= 0.3 is 5.97 Å². The molecule has 1 unspecified atom stereocenters. The van der Waals surface area contributed by atoms with E-state index >= 15 is 0 Å². The lowest BCUT2D eigenvalue weighted by Gasteiger charge is -2.37. The van der Waals surface area contributed by atoms with Crippen LogP contribution in [0.1, 0.15) is 79.4 Å². The highest BCUT2D eigenvalue weighted by Crippen LogP contribution is 2.57. The smallest absolute Gasteiger partial charge is 0.340 e. The Hall–Kier alpha value is -4.05. The molecule has 2 aliphatic rings. The summed E-state index contributed by atoms with van der Waals surface area (Å²) in [5.74, 6) is 1.17.